The summed E-state index contributed by atoms with van der Waals surface area (Å²) in [6, 6.07) is 3.40. The van der Waals surface area contributed by atoms with Crippen molar-refractivity contribution in [3.05, 3.63) is 82.9 Å². The molecule has 1 aliphatic heterocycles. The largest absolute Gasteiger partial charge is 0.508 e. The molecule has 0 aliphatic carbocycles. The van der Waals surface area contributed by atoms with Gasteiger partial charge in [-0.25, -0.2) is 9.97 Å². The summed E-state index contributed by atoms with van der Waals surface area (Å²) in [5.41, 5.74) is 24.5. The summed E-state index contributed by atoms with van der Waals surface area (Å²) in [4.78, 5) is 143. The molecule has 2 aromatic carbocycles. The van der Waals surface area contributed by atoms with Crippen LogP contribution in [0, 0.1) is 11.8 Å². The number of likely N-dealkylation sites (N-methyl/N-ethyl adjacent to an activating group) is 1. The van der Waals surface area contributed by atoms with Gasteiger partial charge in [0, 0.05) is 70.2 Å². The minimum Gasteiger partial charge on any atom is -0.508 e. The van der Waals surface area contributed by atoms with Crippen molar-refractivity contribution in [2.24, 2.45) is 39.8 Å². The van der Waals surface area contributed by atoms with Crippen LogP contribution >= 0.6 is 0 Å². The molecular weight excluding hydrogens is 1100 g/mol. The van der Waals surface area contributed by atoms with Gasteiger partial charge in [0.2, 0.25) is 47.3 Å². The molecule has 0 unspecified atom stereocenters. The lowest BCUT2D eigenvalue weighted by Gasteiger charge is -2.38. The van der Waals surface area contributed by atoms with E-state index in [0.29, 0.717) is 80.9 Å². The standard InChI is InChI=1S/C57H86N18O10/c1-7-34(4)48(59)54(83)69-43(11-8-9-19-58)56(85)74-23-21-73(22-24-74)38-15-18-41-40(28-38)55(84)75(32-66-41)30-47(77)68-42(12-10-20-64-57(60)61)50(79)72-46(27-37-29-63-31-65-37)53(82)71-45(26-36-13-16-39(76)17-14-36)52(81)70-44(25-33(2)3)51(80)67-35(5)49(78)62-6/h13-18,28-29,31-35,42-46,48,76H,7-12,19-27,30,58-59H2,1-6H3,(H,62,78)(H,63,65)(H,67,80)(H,68,77)(H,69,83)(H,70,81)(H,71,82)(H,72,79)(H4,60,61,64)/t34-,35-,42-,43-,44-,45-,46-,48-/m0/s1. The average Bonchev–Trinajstić information content (AvgIpc) is 4.14. The van der Waals surface area contributed by atoms with Crippen molar-refractivity contribution >= 4 is 69.8 Å². The van der Waals surface area contributed by atoms with Crippen LogP contribution < -0.4 is 70.6 Å². The number of piperazine rings is 1. The van der Waals surface area contributed by atoms with Gasteiger partial charge in [-0.2, -0.15) is 0 Å². The first kappa shape index (κ1) is 67.1. The molecule has 8 atom stereocenters. The van der Waals surface area contributed by atoms with E-state index < -0.39 is 89.8 Å². The first-order valence-electron chi connectivity index (χ1n) is 28.8. The quantitative estimate of drug-likeness (QED) is 0.0146. The molecule has 1 aliphatic rings. The number of nitrogens with zero attached hydrogens (tertiary/aromatic N) is 6. The Morgan fingerprint density at radius 2 is 1.36 bits per heavy atom. The summed E-state index contributed by atoms with van der Waals surface area (Å²) in [6.45, 7) is 10.5. The van der Waals surface area contributed by atoms with Gasteiger partial charge in [0.05, 0.1) is 29.6 Å². The Balaban J connectivity index is 1.34. The lowest BCUT2D eigenvalue weighted by molar-refractivity contribution is -0.137. The third-order valence-electron chi connectivity index (χ3n) is 14.8. The highest BCUT2D eigenvalue weighted by Crippen LogP contribution is 2.22. The highest BCUT2D eigenvalue weighted by molar-refractivity contribution is 5.97. The van der Waals surface area contributed by atoms with E-state index in [1.807, 2.05) is 38.7 Å². The van der Waals surface area contributed by atoms with E-state index in [-0.39, 0.29) is 79.4 Å². The van der Waals surface area contributed by atoms with Crippen LogP contribution in [-0.4, -0.2) is 171 Å². The number of aromatic hydroxyl groups is 1. The fraction of sp³-hybridized carbons (Fsp3) is 0.544. The third-order valence-corrected chi connectivity index (χ3v) is 14.8. The monoisotopic (exact) mass is 1180 g/mol. The van der Waals surface area contributed by atoms with Gasteiger partial charge in [-0.1, -0.05) is 46.2 Å². The number of fused-ring (bicyclic) bond motifs is 1. The summed E-state index contributed by atoms with van der Waals surface area (Å²) in [7, 11) is 1.42. The van der Waals surface area contributed by atoms with Gasteiger partial charge in [0.15, 0.2) is 5.96 Å². The van der Waals surface area contributed by atoms with E-state index in [1.165, 1.54) is 45.0 Å². The summed E-state index contributed by atoms with van der Waals surface area (Å²) in [6.07, 6.45) is 6.49. The number of aromatic nitrogens is 4. The second-order valence-electron chi connectivity index (χ2n) is 21.8. The normalized spacial score (nSPS) is 15.2. The van der Waals surface area contributed by atoms with Crippen LogP contribution in [0.2, 0.25) is 0 Å². The van der Waals surface area contributed by atoms with Crippen molar-refractivity contribution in [2.45, 2.75) is 141 Å². The van der Waals surface area contributed by atoms with Crippen LogP contribution in [0.15, 0.2) is 71.1 Å². The molecule has 28 nitrogen and oxygen atoms in total. The molecule has 8 amide bonds. The number of carbonyl (C=O) groups excluding carboxylic acids is 8. The average molecular weight is 1180 g/mol. The number of phenols is 1. The van der Waals surface area contributed by atoms with E-state index >= 15 is 0 Å². The Labute approximate surface area is 494 Å². The van der Waals surface area contributed by atoms with Gasteiger partial charge >= 0.3 is 0 Å². The second-order valence-corrected chi connectivity index (χ2v) is 21.8. The lowest BCUT2D eigenvalue weighted by atomic mass is 9.98. The fourth-order valence-corrected chi connectivity index (χ4v) is 9.58. The molecule has 85 heavy (non-hydrogen) atoms. The number of unbranched alkanes of at least 4 members (excludes halogenated alkanes) is 1. The van der Waals surface area contributed by atoms with Crippen LogP contribution in [0.25, 0.3) is 10.9 Å². The number of carbonyl (C=O) groups is 8. The number of anilines is 1. The Morgan fingerprint density at radius 1 is 0.741 bits per heavy atom. The number of amides is 8. The molecule has 0 radical (unpaired) electrons. The van der Waals surface area contributed by atoms with Gasteiger partial charge in [0.25, 0.3) is 5.56 Å². The summed E-state index contributed by atoms with van der Waals surface area (Å²) < 4.78 is 1.10. The van der Waals surface area contributed by atoms with Crippen molar-refractivity contribution in [3.8, 4) is 5.75 Å². The number of benzene rings is 2. The maximum Gasteiger partial charge on any atom is 0.261 e. The minimum atomic E-state index is -1.41. The number of rotatable bonds is 32. The van der Waals surface area contributed by atoms with Crippen molar-refractivity contribution < 1.29 is 43.5 Å². The molecule has 1 saturated heterocycles. The molecular formula is C57H86N18O10. The molecule has 3 heterocycles. The van der Waals surface area contributed by atoms with E-state index in [2.05, 4.69) is 57.2 Å². The predicted molar refractivity (Wildman–Crippen MR) is 320 cm³/mol. The Morgan fingerprint density at radius 3 is 1.98 bits per heavy atom. The zero-order chi connectivity index (χ0) is 62.3. The van der Waals surface area contributed by atoms with E-state index in [9.17, 15) is 48.3 Å². The highest BCUT2D eigenvalue weighted by atomic mass is 16.3. The summed E-state index contributed by atoms with van der Waals surface area (Å²) >= 11 is 0. The number of aliphatic imine (C=N–C) groups is 1. The fourth-order valence-electron chi connectivity index (χ4n) is 9.58. The number of guanidine groups is 1. The van der Waals surface area contributed by atoms with E-state index in [4.69, 9.17) is 22.9 Å². The van der Waals surface area contributed by atoms with Crippen LogP contribution in [0.4, 0.5) is 5.69 Å². The SMILES string of the molecule is CC[C@H](C)[C@H](N)C(=O)N[C@@H](CCCCN)C(=O)N1CCN(c2ccc3ncn(CC(=O)N[C@@H](CCCN=C(N)N)C(=O)N[C@@H](Cc4cnc[nH]4)C(=O)N[C@@H](Cc4ccc(O)cc4)C(=O)N[C@@H](CC(C)C)C(=O)N[C@@H](C)C(=O)NC)c(=O)c3c2)CC1. The van der Waals surface area contributed by atoms with Crippen LogP contribution in [0.5, 0.6) is 5.75 Å². The maximum atomic E-state index is 14.6. The van der Waals surface area contributed by atoms with Gasteiger partial charge in [-0.3, -0.25) is 52.7 Å². The molecule has 4 aromatic rings. The van der Waals surface area contributed by atoms with Crippen LogP contribution in [-0.2, 0) is 57.7 Å². The van der Waals surface area contributed by atoms with Crippen LogP contribution in [0.3, 0.4) is 0 Å². The van der Waals surface area contributed by atoms with E-state index in [1.54, 1.807) is 29.2 Å². The number of hydrogen-bond acceptors (Lipinski definition) is 16. The molecule has 17 N–H and O–H groups in total. The van der Waals surface area contributed by atoms with Crippen molar-refractivity contribution in [1.29, 1.82) is 0 Å². The van der Waals surface area contributed by atoms with Crippen molar-refractivity contribution in [2.75, 3.05) is 51.2 Å². The molecule has 0 saturated carbocycles. The molecule has 1 fully saturated rings. The zero-order valence-electron chi connectivity index (χ0n) is 49.4. The van der Waals surface area contributed by atoms with E-state index in [0.717, 1.165) is 4.57 Å². The predicted octanol–water partition coefficient (Wildman–Crippen LogP) is -1.76. The summed E-state index contributed by atoms with van der Waals surface area (Å²) in [5, 5.41) is 29.1. The number of imidazole rings is 1. The molecule has 464 valence electrons. The number of H-pyrrole nitrogens is 1. The second kappa shape index (κ2) is 33.0. The summed E-state index contributed by atoms with van der Waals surface area (Å²) in [5.74, 6) is -5.26. The maximum absolute atomic E-state index is 14.6. The highest BCUT2D eigenvalue weighted by Gasteiger charge is 2.34. The topological polar surface area (TPSA) is 427 Å². The molecule has 0 spiro atoms. The van der Waals surface area contributed by atoms with Crippen LogP contribution in [0.1, 0.15) is 90.8 Å². The number of nitrogens with one attached hydrogen (secondary N) is 8. The Hall–Kier alpha value is -8.66. The van der Waals surface area contributed by atoms with Gasteiger partial charge in [0.1, 0.15) is 48.5 Å². The molecule has 2 aromatic heterocycles. The smallest absolute Gasteiger partial charge is 0.261 e. The number of nitrogens with two attached hydrogens (primary N) is 4. The van der Waals surface area contributed by atoms with Crippen molar-refractivity contribution in [3.63, 3.8) is 0 Å². The van der Waals surface area contributed by atoms with Gasteiger partial charge in [-0.05, 0) is 99.7 Å². The minimum absolute atomic E-state index is 0.0421. The van der Waals surface area contributed by atoms with Gasteiger partial charge in [-0.15, -0.1) is 0 Å². The number of hydrogen-bond donors (Lipinski definition) is 13. The molecule has 28 heteroatoms. The molecule has 5 rings (SSSR count). The number of phenolic OH excluding ortho intramolecular Hbond substituents is 1. The third kappa shape index (κ3) is 20.6. The molecule has 0 bridgehead atoms. The lowest BCUT2D eigenvalue weighted by Crippen LogP contribution is -2.60. The first-order valence-corrected chi connectivity index (χ1v) is 28.8. The Kier molecular flexibility index (Phi) is 26.1. The van der Waals surface area contributed by atoms with Crippen molar-refractivity contribution in [1.82, 2.24) is 61.6 Å². The first-order chi connectivity index (χ1) is 40.5. The zero-order valence-corrected chi connectivity index (χ0v) is 49.4. The van der Waals surface area contributed by atoms with Gasteiger partial charge < -0.3 is 80.0 Å². The Bertz CT molecular complexity index is 2980. The number of aromatic amines is 1.